The Morgan fingerprint density at radius 3 is 2.50 bits per heavy atom. The maximum Gasteiger partial charge on any atom is 0.419 e. The molecule has 0 spiro atoms. The molecule has 2 aliphatic carbocycles. The van der Waals surface area contributed by atoms with Crippen LogP contribution in [-0.2, 0) is 18.8 Å². The van der Waals surface area contributed by atoms with E-state index < -0.39 is 17.3 Å². The van der Waals surface area contributed by atoms with Crippen molar-refractivity contribution < 1.29 is 13.2 Å². The van der Waals surface area contributed by atoms with Gasteiger partial charge in [-0.1, -0.05) is 0 Å². The van der Waals surface area contributed by atoms with Gasteiger partial charge in [-0.3, -0.25) is 9.36 Å². The Morgan fingerprint density at radius 2 is 1.93 bits per heavy atom. The number of rotatable bonds is 5. The summed E-state index contributed by atoms with van der Waals surface area (Å²) in [6.45, 7) is 1.84. The third-order valence-electron chi connectivity index (χ3n) is 5.87. The van der Waals surface area contributed by atoms with Crippen LogP contribution in [-0.4, -0.2) is 34.5 Å². The van der Waals surface area contributed by atoms with Gasteiger partial charge in [0, 0.05) is 25.4 Å². The van der Waals surface area contributed by atoms with E-state index in [9.17, 15) is 13.2 Å². The standard InChI is InChI=1S/C19H21F3N8/c1-11-14(9-30(27-11)18(6-3-7-18)16-24-10-29(2)28-16)25-17-23-8-13(19(20,21)22)15(26-17)12-4-5-12/h8-10,12H,3-7H2,1-2H3,(H,23,25,26). The first-order valence-electron chi connectivity index (χ1n) is 9.90. The van der Waals surface area contributed by atoms with Gasteiger partial charge in [0.2, 0.25) is 5.95 Å². The van der Waals surface area contributed by atoms with Crippen LogP contribution < -0.4 is 5.32 Å². The van der Waals surface area contributed by atoms with Crippen molar-refractivity contribution >= 4 is 11.6 Å². The lowest BCUT2D eigenvalue weighted by Gasteiger charge is -2.39. The molecule has 0 aromatic carbocycles. The average Bonchev–Trinajstić information content (AvgIpc) is 3.31. The summed E-state index contributed by atoms with van der Waals surface area (Å²) < 4.78 is 43.3. The molecule has 3 aromatic heterocycles. The minimum atomic E-state index is -4.45. The van der Waals surface area contributed by atoms with Crippen molar-refractivity contribution in [1.29, 1.82) is 0 Å². The van der Waals surface area contributed by atoms with E-state index >= 15 is 0 Å². The van der Waals surface area contributed by atoms with Crippen LogP contribution in [0, 0.1) is 6.92 Å². The van der Waals surface area contributed by atoms with Crippen molar-refractivity contribution in [2.75, 3.05) is 5.32 Å². The van der Waals surface area contributed by atoms with Crippen LogP contribution in [0.4, 0.5) is 24.8 Å². The largest absolute Gasteiger partial charge is 0.419 e. The highest BCUT2D eigenvalue weighted by atomic mass is 19.4. The summed E-state index contributed by atoms with van der Waals surface area (Å²) in [5.74, 6) is 0.709. The number of halogens is 3. The van der Waals surface area contributed by atoms with Crippen LogP contribution in [0.5, 0.6) is 0 Å². The first-order chi connectivity index (χ1) is 14.3. The van der Waals surface area contributed by atoms with Gasteiger partial charge in [-0.2, -0.15) is 23.4 Å². The summed E-state index contributed by atoms with van der Waals surface area (Å²) >= 11 is 0. The molecule has 0 bridgehead atoms. The Balaban J connectivity index is 1.46. The molecular formula is C19H21F3N8. The summed E-state index contributed by atoms with van der Waals surface area (Å²) in [6, 6.07) is 0. The number of nitrogens with one attached hydrogen (secondary N) is 1. The van der Waals surface area contributed by atoms with Crippen LogP contribution in [0.2, 0.25) is 0 Å². The van der Waals surface area contributed by atoms with Crippen LogP contribution in [0.1, 0.15) is 60.8 Å². The van der Waals surface area contributed by atoms with E-state index in [2.05, 4.69) is 30.5 Å². The Labute approximate surface area is 170 Å². The third kappa shape index (κ3) is 3.12. The van der Waals surface area contributed by atoms with Crippen LogP contribution >= 0.6 is 0 Å². The van der Waals surface area contributed by atoms with Gasteiger partial charge in [0.1, 0.15) is 11.9 Å². The van der Waals surface area contributed by atoms with Gasteiger partial charge >= 0.3 is 6.18 Å². The number of anilines is 2. The van der Waals surface area contributed by atoms with Crippen molar-refractivity contribution in [2.45, 2.75) is 56.7 Å². The first-order valence-corrected chi connectivity index (χ1v) is 9.90. The topological polar surface area (TPSA) is 86.3 Å². The highest BCUT2D eigenvalue weighted by molar-refractivity contribution is 5.55. The molecule has 0 amide bonds. The van der Waals surface area contributed by atoms with E-state index in [-0.39, 0.29) is 17.6 Å². The average molecular weight is 418 g/mol. The number of alkyl halides is 3. The monoisotopic (exact) mass is 418 g/mol. The lowest BCUT2D eigenvalue weighted by molar-refractivity contribution is -0.138. The molecular weight excluding hydrogens is 397 g/mol. The van der Waals surface area contributed by atoms with Crippen LogP contribution in [0.3, 0.4) is 0 Å². The Morgan fingerprint density at radius 1 is 1.17 bits per heavy atom. The molecule has 0 unspecified atom stereocenters. The zero-order valence-electron chi connectivity index (χ0n) is 16.6. The SMILES string of the molecule is Cc1nn(C2(c3ncn(C)n3)CCC2)cc1Nc1ncc(C(F)(F)F)c(C2CC2)n1. The van der Waals surface area contributed by atoms with Gasteiger partial charge in [0.15, 0.2) is 5.82 Å². The van der Waals surface area contributed by atoms with Gasteiger partial charge < -0.3 is 5.32 Å². The van der Waals surface area contributed by atoms with Crippen molar-refractivity contribution in [3.8, 4) is 0 Å². The highest BCUT2D eigenvalue weighted by Gasteiger charge is 2.45. The van der Waals surface area contributed by atoms with Crippen molar-refractivity contribution in [2.24, 2.45) is 7.05 Å². The van der Waals surface area contributed by atoms with Crippen molar-refractivity contribution in [3.63, 3.8) is 0 Å². The number of hydrogen-bond donors (Lipinski definition) is 1. The fourth-order valence-electron chi connectivity index (χ4n) is 3.88. The quantitative estimate of drug-likeness (QED) is 0.680. The van der Waals surface area contributed by atoms with Gasteiger partial charge in [-0.25, -0.2) is 15.0 Å². The predicted molar refractivity (Wildman–Crippen MR) is 101 cm³/mol. The molecule has 1 N–H and O–H groups in total. The molecule has 2 saturated carbocycles. The molecule has 30 heavy (non-hydrogen) atoms. The van der Waals surface area contributed by atoms with Crippen LogP contribution in [0.25, 0.3) is 0 Å². The molecule has 0 aliphatic heterocycles. The normalized spacial score (nSPS) is 18.3. The van der Waals surface area contributed by atoms with Gasteiger partial charge in [-0.15, -0.1) is 0 Å². The molecule has 158 valence electrons. The van der Waals surface area contributed by atoms with E-state index in [0.717, 1.165) is 38.3 Å². The third-order valence-corrected chi connectivity index (χ3v) is 5.87. The summed E-state index contributed by atoms with van der Waals surface area (Å²) in [5.41, 5.74) is 0.273. The highest BCUT2D eigenvalue weighted by Crippen LogP contribution is 2.46. The molecule has 3 aromatic rings. The Bertz CT molecular complexity index is 1090. The fourth-order valence-corrected chi connectivity index (χ4v) is 3.88. The van der Waals surface area contributed by atoms with E-state index in [0.29, 0.717) is 17.2 Å². The summed E-state index contributed by atoms with van der Waals surface area (Å²) in [4.78, 5) is 12.5. The second-order valence-corrected chi connectivity index (χ2v) is 8.09. The molecule has 2 aliphatic rings. The predicted octanol–water partition coefficient (Wildman–Crippen LogP) is 3.68. The van der Waals surface area contributed by atoms with E-state index in [1.807, 2.05) is 24.9 Å². The van der Waals surface area contributed by atoms with Gasteiger partial charge in [0.25, 0.3) is 0 Å². The number of nitrogens with zero attached hydrogens (tertiary/aromatic N) is 7. The van der Waals surface area contributed by atoms with Crippen molar-refractivity contribution in [3.05, 3.63) is 41.5 Å². The van der Waals surface area contributed by atoms with Crippen LogP contribution in [0.15, 0.2) is 18.7 Å². The lowest BCUT2D eigenvalue weighted by atomic mass is 9.76. The number of hydrogen-bond acceptors (Lipinski definition) is 6. The molecule has 8 nitrogen and oxygen atoms in total. The minimum absolute atomic E-state index is 0.0678. The molecule has 5 rings (SSSR count). The molecule has 0 atom stereocenters. The lowest BCUT2D eigenvalue weighted by Crippen LogP contribution is -2.43. The summed E-state index contributed by atoms with van der Waals surface area (Å²) in [5, 5.41) is 12.2. The van der Waals surface area contributed by atoms with E-state index in [1.54, 1.807) is 11.0 Å². The zero-order valence-corrected chi connectivity index (χ0v) is 16.6. The van der Waals surface area contributed by atoms with E-state index in [4.69, 9.17) is 0 Å². The number of aryl methyl sites for hydroxylation is 2. The first kappa shape index (κ1) is 19.0. The summed E-state index contributed by atoms with van der Waals surface area (Å²) in [7, 11) is 1.82. The zero-order chi connectivity index (χ0) is 21.1. The summed E-state index contributed by atoms with van der Waals surface area (Å²) in [6.07, 6.45) is 4.15. The van der Waals surface area contributed by atoms with Crippen molar-refractivity contribution in [1.82, 2.24) is 34.5 Å². The maximum atomic E-state index is 13.3. The Kier molecular flexibility index (Phi) is 4.13. The van der Waals surface area contributed by atoms with Gasteiger partial charge in [-0.05, 0) is 39.0 Å². The second kappa shape index (κ2) is 6.51. The molecule has 2 fully saturated rings. The second-order valence-electron chi connectivity index (χ2n) is 8.09. The minimum Gasteiger partial charge on any atom is -0.321 e. The van der Waals surface area contributed by atoms with Gasteiger partial charge in [0.05, 0.1) is 22.6 Å². The molecule has 0 radical (unpaired) electrons. The Hall–Kier alpha value is -2.98. The fraction of sp³-hybridized carbons (Fsp3) is 0.526. The molecule has 3 heterocycles. The van der Waals surface area contributed by atoms with E-state index in [1.165, 1.54) is 0 Å². The smallest absolute Gasteiger partial charge is 0.321 e. The molecule has 11 heteroatoms. The molecule has 0 saturated heterocycles. The number of aromatic nitrogens is 7. The maximum absolute atomic E-state index is 13.3.